The lowest BCUT2D eigenvalue weighted by molar-refractivity contribution is -0.118. The summed E-state index contributed by atoms with van der Waals surface area (Å²) in [6.45, 7) is 0.581. The van der Waals surface area contributed by atoms with Gasteiger partial charge in [-0.25, -0.2) is 4.98 Å². The maximum absolute atomic E-state index is 12.8. The summed E-state index contributed by atoms with van der Waals surface area (Å²) in [6, 6.07) is 19.3. The standard InChI is InChI=1S/C31H35N5O3/c1-39-26-15-12-22(13-16-26)21-36-28-18-19-32-30(34-24-10-6-3-7-11-24)29(28)27(35-36)17-14-25(37)20-33-31(38)23-8-4-2-5-9-23/h2,4-5,8-9,12-13,15-16,18-19,24H,3,6-7,10-11,14,17,20-21H2,1H3,(H,32,34)(H,33,38). The first-order valence-electron chi connectivity index (χ1n) is 13.7. The molecule has 0 bridgehead atoms. The number of hydrogen-bond acceptors (Lipinski definition) is 6. The van der Waals surface area contributed by atoms with Crippen LogP contribution in [0.4, 0.5) is 5.82 Å². The number of ketones is 1. The highest BCUT2D eigenvalue weighted by atomic mass is 16.5. The first kappa shape index (κ1) is 26.4. The summed E-state index contributed by atoms with van der Waals surface area (Å²) in [7, 11) is 1.66. The van der Waals surface area contributed by atoms with Crippen LogP contribution in [0.2, 0.25) is 0 Å². The second-order valence-electron chi connectivity index (χ2n) is 10.1. The molecule has 0 spiro atoms. The number of carbonyl (C=O) groups is 2. The van der Waals surface area contributed by atoms with E-state index >= 15 is 0 Å². The lowest BCUT2D eigenvalue weighted by atomic mass is 9.95. The van der Waals surface area contributed by atoms with E-state index in [-0.39, 0.29) is 24.7 Å². The van der Waals surface area contributed by atoms with Crippen molar-refractivity contribution in [3.63, 3.8) is 0 Å². The second-order valence-corrected chi connectivity index (χ2v) is 10.1. The van der Waals surface area contributed by atoms with Crippen molar-refractivity contribution in [3.8, 4) is 5.75 Å². The van der Waals surface area contributed by atoms with Gasteiger partial charge in [0.2, 0.25) is 0 Å². The van der Waals surface area contributed by atoms with Crippen molar-refractivity contribution >= 4 is 28.4 Å². The predicted molar refractivity (Wildman–Crippen MR) is 152 cm³/mol. The fourth-order valence-corrected chi connectivity index (χ4v) is 5.17. The Morgan fingerprint density at radius 3 is 2.51 bits per heavy atom. The number of pyridine rings is 1. The number of amides is 1. The molecule has 0 atom stereocenters. The molecule has 0 radical (unpaired) electrons. The molecule has 2 heterocycles. The number of methoxy groups -OCH3 is 1. The molecule has 4 aromatic rings. The number of fused-ring (bicyclic) bond motifs is 1. The van der Waals surface area contributed by atoms with Gasteiger partial charge in [-0.1, -0.05) is 49.6 Å². The van der Waals surface area contributed by atoms with Crippen molar-refractivity contribution in [2.24, 2.45) is 0 Å². The predicted octanol–water partition coefficient (Wildman–Crippen LogP) is 5.16. The Kier molecular flexibility index (Phi) is 8.51. The minimum absolute atomic E-state index is 0.0103. The maximum Gasteiger partial charge on any atom is 0.251 e. The fraction of sp³-hybridized carbons (Fsp3) is 0.355. The summed E-state index contributed by atoms with van der Waals surface area (Å²) in [5.41, 5.74) is 3.47. The van der Waals surface area contributed by atoms with Gasteiger partial charge in [-0.05, 0) is 55.2 Å². The number of ether oxygens (including phenoxy) is 1. The molecule has 1 aliphatic rings. The molecule has 1 amide bonds. The van der Waals surface area contributed by atoms with Gasteiger partial charge in [0.25, 0.3) is 5.91 Å². The number of aryl methyl sites for hydroxylation is 1. The van der Waals surface area contributed by atoms with E-state index in [9.17, 15) is 9.59 Å². The largest absolute Gasteiger partial charge is 0.497 e. The van der Waals surface area contributed by atoms with Gasteiger partial charge in [0.1, 0.15) is 11.6 Å². The van der Waals surface area contributed by atoms with Gasteiger partial charge in [-0.3, -0.25) is 14.3 Å². The lowest BCUT2D eigenvalue weighted by Gasteiger charge is -2.23. The third kappa shape index (κ3) is 6.63. The minimum atomic E-state index is -0.249. The van der Waals surface area contributed by atoms with E-state index in [1.807, 2.05) is 47.3 Å². The summed E-state index contributed by atoms with van der Waals surface area (Å²) in [5.74, 6) is 1.36. The maximum atomic E-state index is 12.8. The third-order valence-corrected chi connectivity index (χ3v) is 7.30. The summed E-state index contributed by atoms with van der Waals surface area (Å²) in [4.78, 5) is 29.8. The molecule has 202 valence electrons. The van der Waals surface area contributed by atoms with Crippen molar-refractivity contribution in [3.05, 3.63) is 83.7 Å². The second kappa shape index (κ2) is 12.6. The van der Waals surface area contributed by atoms with Crippen molar-refractivity contribution in [2.75, 3.05) is 19.0 Å². The number of carbonyl (C=O) groups excluding carboxylic acids is 2. The molecule has 8 heteroatoms. The molecule has 0 aliphatic heterocycles. The van der Waals surface area contributed by atoms with Crippen LogP contribution in [0, 0.1) is 0 Å². The third-order valence-electron chi connectivity index (χ3n) is 7.30. The summed E-state index contributed by atoms with van der Waals surface area (Å²) in [6.07, 6.45) is 8.57. The van der Waals surface area contributed by atoms with Crippen LogP contribution >= 0.6 is 0 Å². The Morgan fingerprint density at radius 1 is 1.00 bits per heavy atom. The van der Waals surface area contributed by atoms with Crippen LogP contribution in [0.15, 0.2) is 66.9 Å². The number of nitrogens with zero attached hydrogens (tertiary/aromatic N) is 3. The fourth-order valence-electron chi connectivity index (χ4n) is 5.17. The van der Waals surface area contributed by atoms with Gasteiger partial charge in [0.15, 0.2) is 5.78 Å². The van der Waals surface area contributed by atoms with Gasteiger partial charge >= 0.3 is 0 Å². The van der Waals surface area contributed by atoms with Gasteiger partial charge in [0.05, 0.1) is 36.8 Å². The van der Waals surface area contributed by atoms with Crippen LogP contribution < -0.4 is 15.4 Å². The van der Waals surface area contributed by atoms with Gasteiger partial charge in [-0.15, -0.1) is 0 Å². The first-order valence-corrected chi connectivity index (χ1v) is 13.7. The molecule has 0 unspecified atom stereocenters. The highest BCUT2D eigenvalue weighted by Crippen LogP contribution is 2.30. The molecular weight excluding hydrogens is 490 g/mol. The molecule has 8 nitrogen and oxygen atoms in total. The average Bonchev–Trinajstić information content (AvgIpc) is 3.34. The number of Topliss-reactive ketones (excluding diaryl/α,β-unsaturated/α-hetero) is 1. The summed E-state index contributed by atoms with van der Waals surface area (Å²) in [5, 5.41) is 12.3. The Morgan fingerprint density at radius 2 is 1.77 bits per heavy atom. The van der Waals surface area contributed by atoms with Gasteiger partial charge < -0.3 is 15.4 Å². The van der Waals surface area contributed by atoms with E-state index in [1.165, 1.54) is 19.3 Å². The van der Waals surface area contributed by atoms with Crippen molar-refractivity contribution < 1.29 is 14.3 Å². The Hall–Kier alpha value is -4.20. The molecule has 1 aliphatic carbocycles. The van der Waals surface area contributed by atoms with Crippen LogP contribution in [-0.2, 0) is 17.8 Å². The van der Waals surface area contributed by atoms with E-state index in [2.05, 4.69) is 10.6 Å². The van der Waals surface area contributed by atoms with E-state index in [4.69, 9.17) is 14.8 Å². The highest BCUT2D eigenvalue weighted by Gasteiger charge is 2.20. The van der Waals surface area contributed by atoms with E-state index in [0.29, 0.717) is 24.6 Å². The lowest BCUT2D eigenvalue weighted by Crippen LogP contribution is -2.29. The van der Waals surface area contributed by atoms with Crippen molar-refractivity contribution in [2.45, 2.75) is 57.5 Å². The Labute approximate surface area is 228 Å². The number of rotatable bonds is 11. The number of anilines is 1. The average molecular weight is 526 g/mol. The topological polar surface area (TPSA) is 98.1 Å². The summed E-state index contributed by atoms with van der Waals surface area (Å²) >= 11 is 0. The number of benzene rings is 2. The van der Waals surface area contributed by atoms with Crippen LogP contribution in [0.25, 0.3) is 10.9 Å². The molecule has 2 N–H and O–H groups in total. The van der Waals surface area contributed by atoms with Gasteiger partial charge in [-0.2, -0.15) is 5.10 Å². The minimum Gasteiger partial charge on any atom is -0.497 e. The molecule has 2 aromatic heterocycles. The quantitative estimate of drug-likeness (QED) is 0.281. The number of nitrogens with one attached hydrogen (secondary N) is 2. The smallest absolute Gasteiger partial charge is 0.251 e. The molecule has 0 saturated heterocycles. The molecule has 5 rings (SSSR count). The number of hydrogen-bond donors (Lipinski definition) is 2. The molecule has 1 fully saturated rings. The van der Waals surface area contributed by atoms with Crippen molar-refractivity contribution in [1.29, 1.82) is 0 Å². The van der Waals surface area contributed by atoms with Crippen LogP contribution in [0.5, 0.6) is 5.75 Å². The molecule has 2 aromatic carbocycles. The van der Waals surface area contributed by atoms with Crippen LogP contribution in [-0.4, -0.2) is 46.2 Å². The zero-order valence-electron chi connectivity index (χ0n) is 22.4. The van der Waals surface area contributed by atoms with E-state index in [0.717, 1.165) is 46.6 Å². The molecule has 39 heavy (non-hydrogen) atoms. The summed E-state index contributed by atoms with van der Waals surface area (Å²) < 4.78 is 7.29. The van der Waals surface area contributed by atoms with Crippen LogP contribution in [0.3, 0.4) is 0 Å². The Balaban J connectivity index is 1.35. The highest BCUT2D eigenvalue weighted by molar-refractivity contribution is 5.97. The molecule has 1 saturated carbocycles. The van der Waals surface area contributed by atoms with E-state index in [1.54, 1.807) is 31.4 Å². The SMILES string of the molecule is COc1ccc(Cn2nc(CCC(=O)CNC(=O)c3ccccc3)c3c(NC4CCCCC4)nccc32)cc1. The van der Waals surface area contributed by atoms with Crippen LogP contribution in [0.1, 0.15) is 60.1 Å². The zero-order chi connectivity index (χ0) is 27.0. The normalized spacial score (nSPS) is 13.8. The Bertz CT molecular complexity index is 1410. The zero-order valence-corrected chi connectivity index (χ0v) is 22.4. The van der Waals surface area contributed by atoms with E-state index < -0.39 is 0 Å². The monoisotopic (exact) mass is 525 g/mol. The number of aromatic nitrogens is 3. The molecular formula is C31H35N5O3. The first-order chi connectivity index (χ1) is 19.1. The van der Waals surface area contributed by atoms with Crippen molar-refractivity contribution in [1.82, 2.24) is 20.1 Å². The van der Waals surface area contributed by atoms with Gasteiger partial charge in [0, 0.05) is 24.2 Å².